The molecular formula is C37H34Br4N4O10. The number of hydrogen-bond donors (Lipinski definition) is 7. The van der Waals surface area contributed by atoms with Crippen LogP contribution >= 0.6 is 63.7 Å². The second kappa shape index (κ2) is 16.9. The van der Waals surface area contributed by atoms with E-state index < -0.39 is 36.3 Å². The van der Waals surface area contributed by atoms with E-state index in [9.17, 15) is 49.5 Å². The summed E-state index contributed by atoms with van der Waals surface area (Å²) in [5.41, 5.74) is 7.64. The van der Waals surface area contributed by atoms with Crippen LogP contribution in [-0.2, 0) is 43.2 Å². The van der Waals surface area contributed by atoms with Crippen molar-refractivity contribution in [1.82, 2.24) is 19.9 Å². The van der Waals surface area contributed by atoms with Crippen molar-refractivity contribution in [3.05, 3.63) is 62.9 Å². The number of halogens is 4. The van der Waals surface area contributed by atoms with Crippen molar-refractivity contribution in [2.45, 2.75) is 78.6 Å². The Morgan fingerprint density at radius 3 is 1.35 bits per heavy atom. The highest BCUT2D eigenvalue weighted by atomic mass is 79.9. The predicted octanol–water partition coefficient (Wildman–Crippen LogP) is 8.93. The standard InChI is InChI=1S/C37H34Br4N4O10/c1-13-16(4-8-21(46)47)33-27(39)31-15(3)18(6-10-23(50)51)35(44-31)29(41)37-20(12-25(54)55)19(7-11-24(52)53)36(45-37)28(40)32-14(2)17(5-9-22(48)49)34(43-32)26(38)30(13)42-33/h44-45H,4-12H2,1-3H3,(H,46,47)(H,48,49)(H,50,51)(H,52,53)(H,54,55). The van der Waals surface area contributed by atoms with Crippen LogP contribution in [0.3, 0.4) is 0 Å². The first-order valence-electron chi connectivity index (χ1n) is 16.8. The van der Waals surface area contributed by atoms with E-state index in [1.807, 2.05) is 6.92 Å². The molecule has 290 valence electrons. The summed E-state index contributed by atoms with van der Waals surface area (Å²) in [5, 5.41) is 48.8. The number of fused-ring (bicyclic) bond motifs is 8. The summed E-state index contributed by atoms with van der Waals surface area (Å²) in [6, 6.07) is 0. The van der Waals surface area contributed by atoms with E-state index in [0.29, 0.717) is 102 Å². The number of carbonyl (C=O) groups is 5. The number of carboxylic acid groups (broad SMARTS) is 5. The molecule has 7 N–H and O–H groups in total. The van der Waals surface area contributed by atoms with Crippen LogP contribution in [0.4, 0.5) is 0 Å². The molecule has 3 aromatic heterocycles. The Morgan fingerprint density at radius 2 is 0.855 bits per heavy atom. The highest BCUT2D eigenvalue weighted by molar-refractivity contribution is 9.11. The molecule has 55 heavy (non-hydrogen) atoms. The summed E-state index contributed by atoms with van der Waals surface area (Å²) >= 11 is 14.9. The third-order valence-corrected chi connectivity index (χ3v) is 12.7. The minimum Gasteiger partial charge on any atom is -0.481 e. The Hall–Kier alpha value is -4.13. The Balaban J connectivity index is 2.11. The van der Waals surface area contributed by atoms with Gasteiger partial charge in [0.15, 0.2) is 0 Å². The fourth-order valence-electron chi connectivity index (χ4n) is 6.90. The number of allylic oxidation sites excluding steroid dienone is 4. The van der Waals surface area contributed by atoms with Crippen molar-refractivity contribution in [3.8, 4) is 0 Å². The van der Waals surface area contributed by atoms with Gasteiger partial charge in [-0.2, -0.15) is 0 Å². The first-order valence-corrected chi connectivity index (χ1v) is 20.0. The summed E-state index contributed by atoms with van der Waals surface area (Å²) in [5.74, 6) is -5.37. The largest absolute Gasteiger partial charge is 0.481 e. The Morgan fingerprint density at radius 1 is 0.473 bits per heavy atom. The van der Waals surface area contributed by atoms with Crippen LogP contribution < -0.4 is 0 Å². The zero-order valence-corrected chi connectivity index (χ0v) is 35.9. The first kappa shape index (κ1) is 42.0. The predicted molar refractivity (Wildman–Crippen MR) is 219 cm³/mol. The number of aromatic amines is 2. The number of nitrogens with one attached hydrogen (secondary N) is 2. The first-order chi connectivity index (χ1) is 25.8. The lowest BCUT2D eigenvalue weighted by atomic mass is 9.98. The van der Waals surface area contributed by atoms with E-state index in [-0.39, 0.29) is 56.9 Å². The Kier molecular flexibility index (Phi) is 12.9. The molecule has 18 heteroatoms. The van der Waals surface area contributed by atoms with Gasteiger partial charge in [-0.05, 0) is 155 Å². The zero-order chi connectivity index (χ0) is 40.6. The number of aryl methyl sites for hydroxylation is 3. The maximum atomic E-state index is 12.4. The topological polar surface area (TPSA) is 244 Å². The number of rotatable bonds is 14. The van der Waals surface area contributed by atoms with Gasteiger partial charge in [-0.1, -0.05) is 0 Å². The van der Waals surface area contributed by atoms with Gasteiger partial charge < -0.3 is 35.5 Å². The van der Waals surface area contributed by atoms with Gasteiger partial charge in [-0.25, -0.2) is 9.97 Å². The van der Waals surface area contributed by atoms with Crippen molar-refractivity contribution in [3.63, 3.8) is 0 Å². The molecule has 0 fully saturated rings. The SMILES string of the molecule is CC1=C(CCC(=O)O)c2nc1c(Br)c1nc(c(Br)c3[nH]c(c(CC(=O)O)c3CCC(=O)O)c(Br)c3[nH]c(c(C)c3CCC(=O)O)c2Br)C(C)=C1CCC(=O)O. The lowest BCUT2D eigenvalue weighted by molar-refractivity contribution is -0.138. The fourth-order valence-corrected chi connectivity index (χ4v) is 9.74. The van der Waals surface area contributed by atoms with Crippen LogP contribution in [0.2, 0.25) is 0 Å². The molecule has 0 amide bonds. The monoisotopic (exact) mass is 1010 g/mol. The van der Waals surface area contributed by atoms with Gasteiger partial charge in [0.1, 0.15) is 0 Å². The average Bonchev–Trinajstić information content (AvgIpc) is 3.83. The van der Waals surface area contributed by atoms with Crippen molar-refractivity contribution < 1.29 is 49.5 Å². The molecule has 0 aliphatic carbocycles. The van der Waals surface area contributed by atoms with Crippen molar-refractivity contribution in [1.29, 1.82) is 0 Å². The zero-order valence-electron chi connectivity index (χ0n) is 29.5. The summed E-state index contributed by atoms with van der Waals surface area (Å²) in [6.07, 6.45) is -1.29. The third-order valence-electron chi connectivity index (χ3n) is 9.62. The van der Waals surface area contributed by atoms with Crippen LogP contribution in [0.15, 0.2) is 17.9 Å². The van der Waals surface area contributed by atoms with Gasteiger partial charge in [-0.3, -0.25) is 24.0 Å². The number of aliphatic carboxylic acids is 5. The molecule has 2 aliphatic heterocycles. The molecule has 0 atom stereocenters. The lowest BCUT2D eigenvalue weighted by Crippen LogP contribution is -2.04. The van der Waals surface area contributed by atoms with E-state index in [0.717, 1.165) is 0 Å². The highest BCUT2D eigenvalue weighted by Crippen LogP contribution is 2.46. The van der Waals surface area contributed by atoms with Crippen molar-refractivity contribution >= 4 is 138 Å². The van der Waals surface area contributed by atoms with Crippen molar-refractivity contribution in [2.24, 2.45) is 0 Å². The van der Waals surface area contributed by atoms with E-state index in [1.165, 1.54) is 0 Å². The van der Waals surface area contributed by atoms with Gasteiger partial charge in [0.2, 0.25) is 0 Å². The molecule has 0 saturated heterocycles. The fraction of sp³-hybridized carbons (Fsp3) is 0.324. The van der Waals surface area contributed by atoms with E-state index in [2.05, 4.69) is 73.7 Å². The number of H-pyrrole nitrogens is 2. The van der Waals surface area contributed by atoms with Gasteiger partial charge in [0, 0.05) is 25.7 Å². The van der Waals surface area contributed by atoms with E-state index in [1.54, 1.807) is 13.8 Å². The third kappa shape index (κ3) is 8.51. The molecule has 5 heterocycles. The molecule has 14 nitrogen and oxygen atoms in total. The second-order valence-electron chi connectivity index (χ2n) is 13.0. The Labute approximate surface area is 346 Å². The highest BCUT2D eigenvalue weighted by Gasteiger charge is 2.30. The van der Waals surface area contributed by atoms with Crippen LogP contribution in [0, 0.1) is 6.92 Å². The molecule has 0 radical (unpaired) electrons. The molecule has 0 spiro atoms. The number of hydrogen-bond acceptors (Lipinski definition) is 7. The maximum Gasteiger partial charge on any atom is 0.307 e. The van der Waals surface area contributed by atoms with Gasteiger partial charge in [0.05, 0.1) is 69.2 Å². The van der Waals surface area contributed by atoms with E-state index in [4.69, 9.17) is 9.97 Å². The minimum absolute atomic E-state index is 0.0636. The molecule has 3 aromatic rings. The molecule has 0 aromatic carbocycles. The summed E-state index contributed by atoms with van der Waals surface area (Å²) in [4.78, 5) is 76.5. The maximum absolute atomic E-state index is 12.4. The summed E-state index contributed by atoms with van der Waals surface area (Å²) < 4.78 is 1.57. The number of aromatic nitrogens is 4. The lowest BCUT2D eigenvalue weighted by Gasteiger charge is -2.07. The molecule has 8 bridgehead atoms. The second-order valence-corrected chi connectivity index (χ2v) is 16.2. The average molecular weight is 1010 g/mol. The van der Waals surface area contributed by atoms with Crippen LogP contribution in [-0.4, -0.2) is 75.3 Å². The van der Waals surface area contributed by atoms with Gasteiger partial charge >= 0.3 is 29.8 Å². The van der Waals surface area contributed by atoms with Crippen LogP contribution in [0.25, 0.3) is 44.4 Å². The molecule has 0 unspecified atom stereocenters. The van der Waals surface area contributed by atoms with Gasteiger partial charge in [0.25, 0.3) is 0 Å². The minimum atomic E-state index is -1.18. The summed E-state index contributed by atoms with van der Waals surface area (Å²) in [7, 11) is 0. The molecular weight excluding hydrogens is 980 g/mol. The molecule has 5 rings (SSSR count). The normalized spacial score (nSPS) is 12.8. The quantitative estimate of drug-likeness (QED) is 0.0801. The smallest absolute Gasteiger partial charge is 0.307 e. The van der Waals surface area contributed by atoms with Crippen LogP contribution in [0.5, 0.6) is 0 Å². The number of nitrogens with zero attached hydrogens (tertiary/aromatic N) is 2. The van der Waals surface area contributed by atoms with Crippen LogP contribution in [0.1, 0.15) is 97.4 Å². The number of carboxylic acids is 5. The van der Waals surface area contributed by atoms with E-state index >= 15 is 0 Å². The van der Waals surface area contributed by atoms with Crippen molar-refractivity contribution in [2.75, 3.05) is 0 Å². The summed E-state index contributed by atoms with van der Waals surface area (Å²) in [6.45, 7) is 5.38. The Bertz CT molecular complexity index is 2450. The molecule has 2 aliphatic rings. The van der Waals surface area contributed by atoms with Gasteiger partial charge in [-0.15, -0.1) is 0 Å². The molecule has 0 saturated carbocycles.